The molecule has 1 saturated heterocycles. The van der Waals surface area contributed by atoms with Gasteiger partial charge in [-0.15, -0.1) is 0 Å². The van der Waals surface area contributed by atoms with Gasteiger partial charge in [-0.05, 0) is 17.7 Å². The summed E-state index contributed by atoms with van der Waals surface area (Å²) in [6.07, 6.45) is -0.414. The Balaban J connectivity index is 1.89. The molecule has 2 unspecified atom stereocenters. The summed E-state index contributed by atoms with van der Waals surface area (Å²) >= 11 is 0. The summed E-state index contributed by atoms with van der Waals surface area (Å²) in [5.41, 5.74) is -0.596. The van der Waals surface area contributed by atoms with E-state index in [4.69, 9.17) is 4.74 Å². The Morgan fingerprint density at radius 2 is 1.48 bits per heavy atom. The Morgan fingerprint density at radius 3 is 2.10 bits per heavy atom. The minimum atomic E-state index is -3.80. The van der Waals surface area contributed by atoms with E-state index >= 15 is 0 Å². The van der Waals surface area contributed by atoms with Gasteiger partial charge in [0.25, 0.3) is 0 Å². The molecule has 3 rings (SSSR count). The highest BCUT2D eigenvalue weighted by Gasteiger charge is 2.43. The van der Waals surface area contributed by atoms with Gasteiger partial charge in [-0.3, -0.25) is 4.79 Å². The summed E-state index contributed by atoms with van der Waals surface area (Å²) in [6.45, 7) is 0. The number of carbonyl (C=O) groups is 1. The predicted molar refractivity (Wildman–Crippen MR) is 77.3 cm³/mol. The number of hydrogen-bond acceptors (Lipinski definition) is 4. The zero-order valence-corrected chi connectivity index (χ0v) is 12.0. The van der Waals surface area contributed by atoms with Gasteiger partial charge in [-0.1, -0.05) is 48.5 Å². The fourth-order valence-electron chi connectivity index (χ4n) is 2.40. The fraction of sp³-hybridized carbons (Fsp3) is 0.188. The summed E-state index contributed by atoms with van der Waals surface area (Å²) in [4.78, 5) is 12.2. The van der Waals surface area contributed by atoms with Gasteiger partial charge in [0.1, 0.15) is 0 Å². The molecule has 0 aromatic heterocycles. The number of rotatable bonds is 3. The number of benzene rings is 2. The lowest BCUT2D eigenvalue weighted by Gasteiger charge is -2.13. The van der Waals surface area contributed by atoms with Gasteiger partial charge in [0, 0.05) is 6.42 Å². The van der Waals surface area contributed by atoms with E-state index < -0.39 is 27.2 Å². The predicted octanol–water partition coefficient (Wildman–Crippen LogP) is 2.52. The van der Waals surface area contributed by atoms with E-state index in [1.807, 2.05) is 30.3 Å². The van der Waals surface area contributed by atoms with Crippen LogP contribution in [0, 0.1) is 0 Å². The minimum Gasteiger partial charge on any atom is -0.346 e. The maximum Gasteiger partial charge on any atom is 0.222 e. The van der Waals surface area contributed by atoms with Gasteiger partial charge in [0.2, 0.25) is 15.3 Å². The van der Waals surface area contributed by atoms with E-state index in [1.165, 1.54) is 12.1 Å². The molecular weight excluding hydrogens is 288 g/mol. The van der Waals surface area contributed by atoms with Crippen molar-refractivity contribution >= 4 is 15.6 Å². The Kier molecular flexibility index (Phi) is 3.61. The van der Waals surface area contributed by atoms with Crippen molar-refractivity contribution in [3.8, 4) is 0 Å². The third-order valence-electron chi connectivity index (χ3n) is 3.46. The molecule has 1 aliphatic heterocycles. The summed E-state index contributed by atoms with van der Waals surface area (Å²) in [5.74, 6) is -0.396. The van der Waals surface area contributed by atoms with E-state index in [1.54, 1.807) is 18.2 Å². The van der Waals surface area contributed by atoms with E-state index in [-0.39, 0.29) is 11.3 Å². The molecule has 2 aromatic rings. The van der Waals surface area contributed by atoms with Crippen LogP contribution in [-0.4, -0.2) is 19.6 Å². The molecule has 108 valence electrons. The Labute approximate surface area is 123 Å². The van der Waals surface area contributed by atoms with E-state index in [0.717, 1.165) is 5.56 Å². The highest BCUT2D eigenvalue weighted by molar-refractivity contribution is 7.92. The first-order valence-corrected chi connectivity index (χ1v) is 8.16. The maximum atomic E-state index is 12.5. The first kappa shape index (κ1) is 14.0. The highest BCUT2D eigenvalue weighted by atomic mass is 32.2. The van der Waals surface area contributed by atoms with Crippen molar-refractivity contribution in [2.75, 3.05) is 0 Å². The van der Waals surface area contributed by atoms with Gasteiger partial charge >= 0.3 is 0 Å². The monoisotopic (exact) mass is 302 g/mol. The van der Waals surface area contributed by atoms with Crippen LogP contribution >= 0.6 is 0 Å². The lowest BCUT2D eigenvalue weighted by atomic mass is 10.1. The van der Waals surface area contributed by atoms with Crippen molar-refractivity contribution in [2.24, 2.45) is 0 Å². The normalized spacial score (nSPS) is 22.4. The molecule has 2 atom stereocenters. The van der Waals surface area contributed by atoms with Crippen LogP contribution in [0.3, 0.4) is 0 Å². The van der Waals surface area contributed by atoms with Crippen LogP contribution in [0.1, 0.15) is 18.1 Å². The molecule has 0 spiro atoms. The summed E-state index contributed by atoms with van der Waals surface area (Å²) in [5, 5.41) is 0. The third-order valence-corrected chi connectivity index (χ3v) is 5.33. The third kappa shape index (κ3) is 2.62. The van der Waals surface area contributed by atoms with E-state index in [9.17, 15) is 13.2 Å². The molecule has 0 aliphatic carbocycles. The van der Waals surface area contributed by atoms with Crippen molar-refractivity contribution in [1.82, 2.24) is 0 Å². The number of carbonyl (C=O) groups excluding carboxylic acids is 1. The molecular formula is C16H14O4S. The zero-order chi connectivity index (χ0) is 14.9. The standard InChI is InChI=1S/C16H14O4S/c17-14-11-15(12-7-3-1-4-8-12)20-16(14)21(18,19)13-9-5-2-6-10-13/h1-10,15-16H,11H2. The molecule has 0 radical (unpaired) electrons. The minimum absolute atomic E-state index is 0.0841. The molecule has 0 amide bonds. The van der Waals surface area contributed by atoms with Crippen LogP contribution < -0.4 is 0 Å². The van der Waals surface area contributed by atoms with Crippen LogP contribution in [0.15, 0.2) is 65.6 Å². The van der Waals surface area contributed by atoms with Gasteiger partial charge < -0.3 is 4.74 Å². The molecule has 5 heteroatoms. The summed E-state index contributed by atoms with van der Waals surface area (Å²) < 4.78 is 30.5. The largest absolute Gasteiger partial charge is 0.346 e. The Bertz CT molecular complexity index is 738. The second-order valence-electron chi connectivity index (χ2n) is 4.90. The van der Waals surface area contributed by atoms with Crippen LogP contribution in [-0.2, 0) is 19.4 Å². The highest BCUT2D eigenvalue weighted by Crippen LogP contribution is 2.34. The summed E-state index contributed by atoms with van der Waals surface area (Å²) in [6, 6.07) is 17.1. The average molecular weight is 302 g/mol. The second-order valence-corrected chi connectivity index (χ2v) is 6.89. The smallest absolute Gasteiger partial charge is 0.222 e. The number of ether oxygens (including phenoxy) is 1. The van der Waals surface area contributed by atoms with Crippen LogP contribution in [0.25, 0.3) is 0 Å². The first-order chi connectivity index (χ1) is 10.1. The number of sulfone groups is 1. The first-order valence-electron chi connectivity index (χ1n) is 6.61. The molecule has 0 N–H and O–H groups in total. The zero-order valence-electron chi connectivity index (χ0n) is 11.2. The number of hydrogen-bond donors (Lipinski definition) is 0. The summed E-state index contributed by atoms with van der Waals surface area (Å²) in [7, 11) is -3.80. The van der Waals surface area contributed by atoms with Crippen molar-refractivity contribution in [2.45, 2.75) is 22.9 Å². The van der Waals surface area contributed by atoms with Gasteiger partial charge in [0.15, 0.2) is 5.78 Å². The number of Topliss-reactive ketones (excluding diaryl/α,β-unsaturated/α-hetero) is 1. The topological polar surface area (TPSA) is 60.4 Å². The van der Waals surface area contributed by atoms with Crippen LogP contribution in [0.5, 0.6) is 0 Å². The van der Waals surface area contributed by atoms with Crippen molar-refractivity contribution < 1.29 is 17.9 Å². The molecule has 1 heterocycles. The average Bonchev–Trinajstić information content (AvgIpc) is 2.92. The molecule has 1 aliphatic rings. The lowest BCUT2D eigenvalue weighted by molar-refractivity contribution is -0.119. The fourth-order valence-corrected chi connectivity index (χ4v) is 3.90. The SMILES string of the molecule is O=C1CC(c2ccccc2)OC1S(=O)(=O)c1ccccc1. The quantitative estimate of drug-likeness (QED) is 0.874. The Morgan fingerprint density at radius 1 is 0.905 bits per heavy atom. The van der Waals surface area contributed by atoms with Crippen LogP contribution in [0.4, 0.5) is 0 Å². The van der Waals surface area contributed by atoms with Crippen molar-refractivity contribution in [1.29, 1.82) is 0 Å². The van der Waals surface area contributed by atoms with Crippen molar-refractivity contribution in [3.63, 3.8) is 0 Å². The molecule has 0 bridgehead atoms. The molecule has 2 aromatic carbocycles. The maximum absolute atomic E-state index is 12.5. The molecule has 1 fully saturated rings. The number of ketones is 1. The van der Waals surface area contributed by atoms with E-state index in [0.29, 0.717) is 0 Å². The second kappa shape index (κ2) is 5.42. The molecule has 4 nitrogen and oxygen atoms in total. The van der Waals surface area contributed by atoms with E-state index in [2.05, 4.69) is 0 Å². The van der Waals surface area contributed by atoms with Gasteiger partial charge in [-0.2, -0.15) is 0 Å². The van der Waals surface area contributed by atoms with Crippen LogP contribution in [0.2, 0.25) is 0 Å². The van der Waals surface area contributed by atoms with Crippen molar-refractivity contribution in [3.05, 3.63) is 66.2 Å². The van der Waals surface area contributed by atoms with Gasteiger partial charge in [0.05, 0.1) is 11.0 Å². The molecule has 21 heavy (non-hydrogen) atoms. The molecule has 0 saturated carbocycles. The van der Waals surface area contributed by atoms with Gasteiger partial charge in [-0.25, -0.2) is 8.42 Å². The Hall–Kier alpha value is -1.98. The lowest BCUT2D eigenvalue weighted by Crippen LogP contribution is -2.27.